The second-order valence-electron chi connectivity index (χ2n) is 7.45. The van der Waals surface area contributed by atoms with Crippen molar-refractivity contribution < 1.29 is 9.90 Å². The average Bonchev–Trinajstić information content (AvgIpc) is 3.21. The van der Waals surface area contributed by atoms with Crippen molar-refractivity contribution in [3.8, 4) is 0 Å². The lowest BCUT2D eigenvalue weighted by Crippen LogP contribution is -2.41. The molecule has 4 N–H and O–H groups in total. The summed E-state index contributed by atoms with van der Waals surface area (Å²) in [5.74, 6) is 0.419. The number of carbonyl (C=O) groups is 1. The third kappa shape index (κ3) is 6.73. The van der Waals surface area contributed by atoms with Crippen LogP contribution in [0.15, 0.2) is 43.0 Å². The highest BCUT2D eigenvalue weighted by atomic mass is 16.2. The van der Waals surface area contributed by atoms with Crippen LogP contribution in [0.1, 0.15) is 24.8 Å². The van der Waals surface area contributed by atoms with Crippen LogP contribution in [-0.4, -0.2) is 68.2 Å². The van der Waals surface area contributed by atoms with E-state index in [9.17, 15) is 4.79 Å². The monoisotopic (exact) mass is 425 g/mol. The Morgan fingerprint density at radius 3 is 2.74 bits per heavy atom. The lowest BCUT2D eigenvalue weighted by atomic mass is 10.1. The van der Waals surface area contributed by atoms with Crippen LogP contribution in [0.2, 0.25) is 0 Å². The average molecular weight is 426 g/mol. The van der Waals surface area contributed by atoms with Gasteiger partial charge < -0.3 is 25.6 Å². The SMILES string of the molecule is Nc1ncnc2c1ncn2CCN(CCc1ccccc1)C(=O)CNCCCCCO. The van der Waals surface area contributed by atoms with Crippen molar-refractivity contribution in [1.82, 2.24) is 29.7 Å². The van der Waals surface area contributed by atoms with Crippen LogP contribution in [0.25, 0.3) is 11.2 Å². The number of unbranched alkanes of at least 4 members (excludes halogenated alkanes) is 2. The highest BCUT2D eigenvalue weighted by Gasteiger charge is 2.15. The first-order valence-electron chi connectivity index (χ1n) is 10.7. The Labute approximate surface area is 182 Å². The third-order valence-electron chi connectivity index (χ3n) is 5.19. The quantitative estimate of drug-likeness (QED) is 0.352. The van der Waals surface area contributed by atoms with E-state index in [2.05, 4.69) is 32.4 Å². The number of rotatable bonds is 13. The van der Waals surface area contributed by atoms with Crippen molar-refractivity contribution in [2.75, 3.05) is 38.5 Å². The zero-order valence-electron chi connectivity index (χ0n) is 17.8. The van der Waals surface area contributed by atoms with E-state index < -0.39 is 0 Å². The highest BCUT2D eigenvalue weighted by molar-refractivity contribution is 5.81. The van der Waals surface area contributed by atoms with Crippen LogP contribution in [0.5, 0.6) is 0 Å². The molecule has 9 nitrogen and oxygen atoms in total. The van der Waals surface area contributed by atoms with Gasteiger partial charge in [-0.25, -0.2) is 15.0 Å². The summed E-state index contributed by atoms with van der Waals surface area (Å²) in [6, 6.07) is 10.2. The normalized spacial score (nSPS) is 11.1. The van der Waals surface area contributed by atoms with Gasteiger partial charge in [-0.1, -0.05) is 30.3 Å². The number of carbonyl (C=O) groups excluding carboxylic acids is 1. The summed E-state index contributed by atoms with van der Waals surface area (Å²) in [6.45, 7) is 3.04. The third-order valence-corrected chi connectivity index (χ3v) is 5.19. The summed E-state index contributed by atoms with van der Waals surface area (Å²) in [6.07, 6.45) is 6.60. The number of fused-ring (bicyclic) bond motifs is 1. The maximum atomic E-state index is 12.9. The number of amides is 1. The van der Waals surface area contributed by atoms with Crippen molar-refractivity contribution in [3.63, 3.8) is 0 Å². The maximum absolute atomic E-state index is 12.9. The number of anilines is 1. The van der Waals surface area contributed by atoms with Crippen molar-refractivity contribution in [2.24, 2.45) is 0 Å². The molecule has 1 amide bonds. The molecule has 2 aromatic heterocycles. The molecular weight excluding hydrogens is 394 g/mol. The van der Waals surface area contributed by atoms with Gasteiger partial charge in [0.25, 0.3) is 0 Å². The van der Waals surface area contributed by atoms with Crippen LogP contribution in [0.3, 0.4) is 0 Å². The predicted octanol–water partition coefficient (Wildman–Crippen LogP) is 1.23. The van der Waals surface area contributed by atoms with Gasteiger partial charge >= 0.3 is 0 Å². The number of nitrogens with two attached hydrogens (primary N) is 1. The van der Waals surface area contributed by atoms with Gasteiger partial charge in [0, 0.05) is 26.2 Å². The van der Waals surface area contributed by atoms with E-state index in [-0.39, 0.29) is 12.5 Å². The number of aromatic nitrogens is 4. The molecule has 3 rings (SSSR count). The van der Waals surface area contributed by atoms with E-state index in [0.29, 0.717) is 43.2 Å². The van der Waals surface area contributed by atoms with Gasteiger partial charge in [0.1, 0.15) is 11.8 Å². The number of benzene rings is 1. The van der Waals surface area contributed by atoms with Gasteiger partial charge in [0.05, 0.1) is 12.9 Å². The molecule has 0 fully saturated rings. The first-order valence-corrected chi connectivity index (χ1v) is 10.7. The smallest absolute Gasteiger partial charge is 0.236 e. The molecule has 0 bridgehead atoms. The topological polar surface area (TPSA) is 122 Å². The minimum atomic E-state index is 0.0663. The molecule has 0 radical (unpaired) electrons. The molecule has 2 heterocycles. The Balaban J connectivity index is 1.58. The Morgan fingerprint density at radius 2 is 1.94 bits per heavy atom. The number of hydrogen-bond acceptors (Lipinski definition) is 7. The largest absolute Gasteiger partial charge is 0.396 e. The lowest BCUT2D eigenvalue weighted by Gasteiger charge is -2.23. The van der Waals surface area contributed by atoms with E-state index in [0.717, 1.165) is 32.2 Å². The molecule has 166 valence electrons. The first kappa shape index (κ1) is 22.6. The number of aliphatic hydroxyl groups excluding tert-OH is 1. The Hall–Kier alpha value is -3.04. The first-order chi connectivity index (χ1) is 15.2. The Bertz CT molecular complexity index is 945. The van der Waals surface area contributed by atoms with Crippen molar-refractivity contribution >= 4 is 22.9 Å². The van der Waals surface area contributed by atoms with E-state index in [1.165, 1.54) is 11.9 Å². The molecule has 3 aromatic rings. The van der Waals surface area contributed by atoms with Crippen molar-refractivity contribution in [3.05, 3.63) is 48.5 Å². The fourth-order valence-corrected chi connectivity index (χ4v) is 3.41. The van der Waals surface area contributed by atoms with Crippen LogP contribution in [-0.2, 0) is 17.8 Å². The second-order valence-corrected chi connectivity index (χ2v) is 7.45. The number of nitrogens with one attached hydrogen (secondary N) is 1. The van der Waals surface area contributed by atoms with Gasteiger partial charge in [-0.15, -0.1) is 0 Å². The predicted molar refractivity (Wildman–Crippen MR) is 120 cm³/mol. The number of nitrogens with zero attached hydrogens (tertiary/aromatic N) is 5. The summed E-state index contributed by atoms with van der Waals surface area (Å²) in [7, 11) is 0. The number of nitrogen functional groups attached to an aromatic ring is 1. The molecule has 0 spiro atoms. The minimum absolute atomic E-state index is 0.0663. The number of aliphatic hydroxyl groups is 1. The Kier molecular flexibility index (Phi) is 8.74. The van der Waals surface area contributed by atoms with E-state index in [1.807, 2.05) is 27.7 Å². The van der Waals surface area contributed by atoms with E-state index in [4.69, 9.17) is 10.8 Å². The van der Waals surface area contributed by atoms with Gasteiger partial charge in [0.2, 0.25) is 5.91 Å². The minimum Gasteiger partial charge on any atom is -0.396 e. The van der Waals surface area contributed by atoms with Gasteiger partial charge in [-0.05, 0) is 37.8 Å². The van der Waals surface area contributed by atoms with Crippen LogP contribution in [0.4, 0.5) is 5.82 Å². The molecule has 0 saturated carbocycles. The molecule has 0 saturated heterocycles. The number of imidazole rings is 1. The molecule has 0 atom stereocenters. The zero-order valence-corrected chi connectivity index (χ0v) is 17.8. The summed E-state index contributed by atoms with van der Waals surface area (Å²) in [5.41, 5.74) is 8.32. The van der Waals surface area contributed by atoms with Crippen LogP contribution < -0.4 is 11.1 Å². The molecule has 0 aliphatic rings. The van der Waals surface area contributed by atoms with E-state index >= 15 is 0 Å². The van der Waals surface area contributed by atoms with Gasteiger partial charge in [-0.3, -0.25) is 4.79 Å². The van der Waals surface area contributed by atoms with Crippen LogP contribution >= 0.6 is 0 Å². The van der Waals surface area contributed by atoms with Gasteiger partial charge in [0.15, 0.2) is 11.5 Å². The van der Waals surface area contributed by atoms with Crippen molar-refractivity contribution in [1.29, 1.82) is 0 Å². The summed E-state index contributed by atoms with van der Waals surface area (Å²) in [5, 5.41) is 12.1. The fraction of sp³-hybridized carbons (Fsp3) is 0.455. The molecular formula is C22H31N7O2. The molecule has 0 aliphatic heterocycles. The lowest BCUT2D eigenvalue weighted by molar-refractivity contribution is -0.130. The van der Waals surface area contributed by atoms with Crippen LogP contribution in [0, 0.1) is 0 Å². The van der Waals surface area contributed by atoms with E-state index in [1.54, 1.807) is 6.33 Å². The summed E-state index contributed by atoms with van der Waals surface area (Å²) in [4.78, 5) is 27.3. The highest BCUT2D eigenvalue weighted by Crippen LogP contribution is 2.14. The molecule has 31 heavy (non-hydrogen) atoms. The molecule has 1 aromatic carbocycles. The fourth-order valence-electron chi connectivity index (χ4n) is 3.41. The molecule has 0 unspecified atom stereocenters. The van der Waals surface area contributed by atoms with Gasteiger partial charge in [-0.2, -0.15) is 0 Å². The maximum Gasteiger partial charge on any atom is 0.236 e. The van der Waals surface area contributed by atoms with Crippen molar-refractivity contribution in [2.45, 2.75) is 32.2 Å². The summed E-state index contributed by atoms with van der Waals surface area (Å²) >= 11 is 0. The second kappa shape index (κ2) is 12.0. The molecule has 0 aliphatic carbocycles. The number of hydrogen-bond donors (Lipinski definition) is 3. The Morgan fingerprint density at radius 1 is 1.10 bits per heavy atom. The summed E-state index contributed by atoms with van der Waals surface area (Å²) < 4.78 is 1.90. The zero-order chi connectivity index (χ0) is 21.9. The molecule has 9 heteroatoms. The standard InChI is InChI=1S/C22H31N7O2/c23-21-20-22(26-16-25-21)29(17-27-20)13-12-28(11-9-18-7-3-1-4-8-18)19(31)15-24-10-5-2-6-14-30/h1,3-4,7-8,16-17,24,30H,2,5-6,9-15H2,(H2,23,25,26).